The molecule has 0 aliphatic rings. The monoisotopic (exact) mass is 332 g/mol. The van der Waals surface area contributed by atoms with Gasteiger partial charge in [0.1, 0.15) is 5.75 Å². The zero-order chi connectivity index (χ0) is 16.7. The molecule has 3 amide bonds. The van der Waals surface area contributed by atoms with Gasteiger partial charge in [0.05, 0.1) is 5.02 Å². The van der Waals surface area contributed by atoms with Gasteiger partial charge in [-0.2, -0.15) is 0 Å². The second-order valence-corrected chi connectivity index (χ2v) is 5.09. The number of halogens is 1. The molecule has 2 aromatic rings. The van der Waals surface area contributed by atoms with Crippen molar-refractivity contribution < 1.29 is 14.3 Å². The van der Waals surface area contributed by atoms with E-state index in [9.17, 15) is 9.59 Å². The first kappa shape index (κ1) is 16.8. The van der Waals surface area contributed by atoms with Crippen LogP contribution in [0.1, 0.15) is 18.6 Å². The lowest BCUT2D eigenvalue weighted by Gasteiger charge is -2.19. The fraction of sp³-hybridized carbons (Fsp3) is 0.176. The van der Waals surface area contributed by atoms with Gasteiger partial charge in [0.15, 0.2) is 0 Å². The van der Waals surface area contributed by atoms with Gasteiger partial charge >= 0.3 is 6.03 Å². The zero-order valence-electron chi connectivity index (χ0n) is 12.6. The van der Waals surface area contributed by atoms with Crippen molar-refractivity contribution in [2.45, 2.75) is 13.0 Å². The first-order valence-electron chi connectivity index (χ1n) is 7.16. The summed E-state index contributed by atoms with van der Waals surface area (Å²) in [7, 11) is 0. The van der Waals surface area contributed by atoms with Crippen molar-refractivity contribution in [1.29, 1.82) is 0 Å². The molecule has 2 N–H and O–H groups in total. The molecule has 6 heteroatoms. The van der Waals surface area contributed by atoms with Crippen LogP contribution in [-0.2, 0) is 4.79 Å². The smallest absolute Gasteiger partial charge is 0.321 e. The molecular formula is C17H17ClN2O3. The molecule has 0 unspecified atom stereocenters. The summed E-state index contributed by atoms with van der Waals surface area (Å²) < 4.78 is 5.75. The summed E-state index contributed by atoms with van der Waals surface area (Å²) in [6.45, 7) is 2.18. The molecule has 1 atom stereocenters. The molecule has 0 radical (unpaired) electrons. The van der Waals surface area contributed by atoms with E-state index in [2.05, 4.69) is 10.6 Å². The SMILES string of the molecule is CCNC(=O)NC(=O)[C@H](Oc1ccccc1Cl)c1ccccc1. The van der Waals surface area contributed by atoms with Crippen LogP contribution in [0, 0.1) is 0 Å². The topological polar surface area (TPSA) is 67.4 Å². The maximum Gasteiger partial charge on any atom is 0.321 e. The van der Waals surface area contributed by atoms with Crippen LogP contribution in [-0.4, -0.2) is 18.5 Å². The average molecular weight is 333 g/mol. The van der Waals surface area contributed by atoms with Crippen molar-refractivity contribution in [3.63, 3.8) is 0 Å². The second-order valence-electron chi connectivity index (χ2n) is 4.69. The Labute approximate surface area is 139 Å². The highest BCUT2D eigenvalue weighted by Crippen LogP contribution is 2.28. The van der Waals surface area contributed by atoms with E-state index in [1.165, 1.54) is 0 Å². The third-order valence-electron chi connectivity index (χ3n) is 3.00. The van der Waals surface area contributed by atoms with Crippen molar-refractivity contribution in [3.8, 4) is 5.75 Å². The molecule has 0 heterocycles. The largest absolute Gasteiger partial charge is 0.474 e. The van der Waals surface area contributed by atoms with E-state index < -0.39 is 18.0 Å². The minimum absolute atomic E-state index is 0.370. The molecule has 2 rings (SSSR count). The third kappa shape index (κ3) is 4.72. The highest BCUT2D eigenvalue weighted by molar-refractivity contribution is 6.32. The van der Waals surface area contributed by atoms with Crippen LogP contribution < -0.4 is 15.4 Å². The van der Waals surface area contributed by atoms with Crippen LogP contribution >= 0.6 is 11.6 Å². The van der Waals surface area contributed by atoms with Crippen LogP contribution in [0.3, 0.4) is 0 Å². The summed E-state index contributed by atoms with van der Waals surface area (Å²) in [5.41, 5.74) is 0.620. The number of hydrogen-bond donors (Lipinski definition) is 2. The summed E-state index contributed by atoms with van der Waals surface area (Å²) in [5.74, 6) is -0.198. The summed E-state index contributed by atoms with van der Waals surface area (Å²) >= 11 is 6.08. The van der Waals surface area contributed by atoms with Crippen LogP contribution in [0.4, 0.5) is 4.79 Å². The molecule has 0 aliphatic carbocycles. The lowest BCUT2D eigenvalue weighted by molar-refractivity contribution is -0.127. The highest BCUT2D eigenvalue weighted by Gasteiger charge is 2.25. The fourth-order valence-electron chi connectivity index (χ4n) is 1.95. The number of urea groups is 1. The number of carbonyl (C=O) groups excluding carboxylic acids is 2. The van der Waals surface area contributed by atoms with E-state index in [4.69, 9.17) is 16.3 Å². The number of rotatable bonds is 5. The molecular weight excluding hydrogens is 316 g/mol. The molecule has 0 bridgehead atoms. The quantitative estimate of drug-likeness (QED) is 0.882. The Hall–Kier alpha value is -2.53. The summed E-state index contributed by atoms with van der Waals surface area (Å²) in [5, 5.41) is 5.16. The number of imide groups is 1. The van der Waals surface area contributed by atoms with Crippen molar-refractivity contribution >= 4 is 23.5 Å². The van der Waals surface area contributed by atoms with Crippen LogP contribution in [0.15, 0.2) is 54.6 Å². The second kappa shape index (κ2) is 8.19. The molecule has 0 fully saturated rings. The minimum atomic E-state index is -0.987. The molecule has 2 aromatic carbocycles. The number of nitrogens with one attached hydrogen (secondary N) is 2. The highest BCUT2D eigenvalue weighted by atomic mass is 35.5. The zero-order valence-corrected chi connectivity index (χ0v) is 13.3. The van der Waals surface area contributed by atoms with Crippen LogP contribution in [0.25, 0.3) is 0 Å². The number of ether oxygens (including phenoxy) is 1. The number of para-hydroxylation sites is 1. The van der Waals surface area contributed by atoms with Gasteiger partial charge in [-0.25, -0.2) is 4.79 Å². The predicted molar refractivity (Wildman–Crippen MR) is 88.5 cm³/mol. The maximum absolute atomic E-state index is 12.4. The Morgan fingerprint density at radius 2 is 1.74 bits per heavy atom. The van der Waals surface area contributed by atoms with Gasteiger partial charge in [-0.05, 0) is 19.1 Å². The first-order valence-corrected chi connectivity index (χ1v) is 7.54. The Kier molecular flexibility index (Phi) is 6.00. The molecule has 0 saturated carbocycles. The van der Waals surface area contributed by atoms with E-state index >= 15 is 0 Å². The minimum Gasteiger partial charge on any atom is -0.474 e. The number of hydrogen-bond acceptors (Lipinski definition) is 3. The Bertz CT molecular complexity index is 677. The molecule has 120 valence electrons. The average Bonchev–Trinajstić information content (AvgIpc) is 2.55. The van der Waals surface area contributed by atoms with Crippen molar-refractivity contribution in [2.75, 3.05) is 6.54 Å². The van der Waals surface area contributed by atoms with Gasteiger partial charge in [-0.1, -0.05) is 54.1 Å². The van der Waals surface area contributed by atoms with Gasteiger partial charge in [0.2, 0.25) is 6.10 Å². The lowest BCUT2D eigenvalue weighted by Crippen LogP contribution is -2.42. The van der Waals surface area contributed by atoms with E-state index in [1.54, 1.807) is 55.5 Å². The third-order valence-corrected chi connectivity index (χ3v) is 3.31. The Balaban J connectivity index is 2.24. The summed E-state index contributed by atoms with van der Waals surface area (Å²) in [6, 6.07) is 15.2. The van der Waals surface area contributed by atoms with Crippen molar-refractivity contribution in [1.82, 2.24) is 10.6 Å². The summed E-state index contributed by atoms with van der Waals surface area (Å²) in [6.07, 6.45) is -0.987. The Morgan fingerprint density at radius 3 is 2.39 bits per heavy atom. The van der Waals surface area contributed by atoms with Gasteiger partial charge in [0.25, 0.3) is 5.91 Å². The molecule has 23 heavy (non-hydrogen) atoms. The van der Waals surface area contributed by atoms with E-state index in [0.717, 1.165) is 0 Å². The first-order chi connectivity index (χ1) is 11.1. The molecule has 0 aliphatic heterocycles. The number of amides is 3. The van der Waals surface area contributed by atoms with Gasteiger partial charge in [-0.15, -0.1) is 0 Å². The van der Waals surface area contributed by atoms with Crippen molar-refractivity contribution in [2.24, 2.45) is 0 Å². The standard InChI is InChI=1S/C17H17ClN2O3/c1-2-19-17(22)20-16(21)15(12-8-4-3-5-9-12)23-14-11-7-6-10-13(14)18/h3-11,15H,2H2,1H3,(H2,19,20,21,22)/t15-/m1/s1. The van der Waals surface area contributed by atoms with E-state index in [-0.39, 0.29) is 0 Å². The number of benzene rings is 2. The number of carbonyl (C=O) groups is 2. The normalized spacial score (nSPS) is 11.4. The van der Waals surface area contributed by atoms with E-state index in [0.29, 0.717) is 22.9 Å². The lowest BCUT2D eigenvalue weighted by atomic mass is 10.1. The molecule has 5 nitrogen and oxygen atoms in total. The van der Waals surface area contributed by atoms with E-state index in [1.807, 2.05) is 6.07 Å². The van der Waals surface area contributed by atoms with Gasteiger partial charge < -0.3 is 10.1 Å². The predicted octanol–water partition coefficient (Wildman–Crippen LogP) is 3.31. The van der Waals surface area contributed by atoms with Gasteiger partial charge in [0, 0.05) is 12.1 Å². The molecule has 0 spiro atoms. The van der Waals surface area contributed by atoms with Crippen LogP contribution in [0.5, 0.6) is 5.75 Å². The van der Waals surface area contributed by atoms with Gasteiger partial charge in [-0.3, -0.25) is 10.1 Å². The molecule has 0 saturated heterocycles. The van der Waals surface area contributed by atoms with Crippen molar-refractivity contribution in [3.05, 3.63) is 65.2 Å². The fourth-order valence-corrected chi connectivity index (χ4v) is 2.13. The maximum atomic E-state index is 12.4. The molecule has 0 aromatic heterocycles. The summed E-state index contributed by atoms with van der Waals surface area (Å²) in [4.78, 5) is 24.0. The Morgan fingerprint density at radius 1 is 1.09 bits per heavy atom. The van der Waals surface area contributed by atoms with Crippen LogP contribution in [0.2, 0.25) is 5.02 Å².